The van der Waals surface area contributed by atoms with Crippen LogP contribution in [0.25, 0.3) is 0 Å². The van der Waals surface area contributed by atoms with Gasteiger partial charge in [0.1, 0.15) is 12.1 Å². The van der Waals surface area contributed by atoms with Gasteiger partial charge in [-0.1, -0.05) is 0 Å². The lowest BCUT2D eigenvalue weighted by Crippen LogP contribution is -1.79. The number of hydrogen-bond donors (Lipinski definition) is 0. The van der Waals surface area contributed by atoms with E-state index in [1.54, 1.807) is 12.1 Å². The molecule has 0 heterocycles. The maximum absolute atomic E-state index is 12.3. The average Bonchev–Trinajstić information content (AvgIpc) is 2.04. The fraction of sp³-hybridized carbons (Fsp3) is 0.125. The molecule has 0 spiro atoms. The van der Waals surface area contributed by atoms with E-state index in [0.717, 1.165) is 11.2 Å². The van der Waals surface area contributed by atoms with Crippen molar-refractivity contribution in [1.82, 2.24) is 0 Å². The Kier molecular flexibility index (Phi) is 3.11. The first kappa shape index (κ1) is 8.27. The minimum Gasteiger partial charge on any atom is -0.302 e. The fourth-order valence-corrected chi connectivity index (χ4v) is 1.25. The number of carbonyl (C=O) groups is 1. The molecule has 0 atom stereocenters. The molecule has 11 heavy (non-hydrogen) atoms. The monoisotopic (exact) mass is 170 g/mol. The third kappa shape index (κ3) is 2.72. The molecule has 0 saturated heterocycles. The largest absolute Gasteiger partial charge is 0.302 e. The SMILES string of the molecule is O=CCSc1ccc(F)cc1. The van der Waals surface area contributed by atoms with Crippen molar-refractivity contribution in [3.05, 3.63) is 30.1 Å². The van der Waals surface area contributed by atoms with Crippen LogP contribution >= 0.6 is 11.8 Å². The van der Waals surface area contributed by atoms with E-state index in [4.69, 9.17) is 0 Å². The Hall–Kier alpha value is -0.830. The molecule has 1 rings (SSSR count). The van der Waals surface area contributed by atoms with Crippen LogP contribution in [0, 0.1) is 5.82 Å². The van der Waals surface area contributed by atoms with E-state index in [1.807, 2.05) is 0 Å². The molecule has 0 amide bonds. The zero-order chi connectivity index (χ0) is 8.10. The Morgan fingerprint density at radius 2 is 2.00 bits per heavy atom. The van der Waals surface area contributed by atoms with Crippen molar-refractivity contribution in [3.8, 4) is 0 Å². The summed E-state index contributed by atoms with van der Waals surface area (Å²) in [5, 5.41) is 0. The van der Waals surface area contributed by atoms with Crippen LogP contribution in [0.4, 0.5) is 4.39 Å². The average molecular weight is 170 g/mol. The minimum absolute atomic E-state index is 0.250. The molecular weight excluding hydrogens is 163 g/mol. The fourth-order valence-electron chi connectivity index (χ4n) is 0.661. The van der Waals surface area contributed by atoms with Gasteiger partial charge in [0.25, 0.3) is 0 Å². The van der Waals surface area contributed by atoms with E-state index >= 15 is 0 Å². The standard InChI is InChI=1S/C8H7FOS/c9-7-1-3-8(4-2-7)11-6-5-10/h1-5H,6H2. The third-order valence-electron chi connectivity index (χ3n) is 1.13. The number of carbonyl (C=O) groups excluding carboxylic acids is 1. The molecule has 0 aliphatic rings. The van der Waals surface area contributed by atoms with Crippen LogP contribution < -0.4 is 0 Å². The van der Waals surface area contributed by atoms with Crippen molar-refractivity contribution in [2.45, 2.75) is 4.90 Å². The highest BCUT2D eigenvalue weighted by molar-refractivity contribution is 7.99. The molecule has 1 aromatic carbocycles. The van der Waals surface area contributed by atoms with Crippen LogP contribution in [0.5, 0.6) is 0 Å². The Morgan fingerprint density at radius 3 is 2.55 bits per heavy atom. The van der Waals surface area contributed by atoms with Crippen LogP contribution in [0.1, 0.15) is 0 Å². The number of benzene rings is 1. The summed E-state index contributed by atoms with van der Waals surface area (Å²) in [5.41, 5.74) is 0. The normalized spacial score (nSPS) is 9.55. The first-order chi connectivity index (χ1) is 5.33. The lowest BCUT2D eigenvalue weighted by atomic mass is 10.4. The highest BCUT2D eigenvalue weighted by atomic mass is 32.2. The lowest BCUT2D eigenvalue weighted by Gasteiger charge is -1.94. The van der Waals surface area contributed by atoms with E-state index < -0.39 is 0 Å². The summed E-state index contributed by atoms with van der Waals surface area (Å²) in [6, 6.07) is 6.08. The number of halogens is 1. The number of thioether (sulfide) groups is 1. The molecule has 0 saturated carbocycles. The summed E-state index contributed by atoms with van der Waals surface area (Å²) in [5.74, 6) is 0.173. The van der Waals surface area contributed by atoms with E-state index in [1.165, 1.54) is 23.9 Å². The first-order valence-electron chi connectivity index (χ1n) is 3.15. The minimum atomic E-state index is -0.250. The van der Waals surface area contributed by atoms with Crippen molar-refractivity contribution in [1.29, 1.82) is 0 Å². The van der Waals surface area contributed by atoms with Gasteiger partial charge in [-0.05, 0) is 24.3 Å². The van der Waals surface area contributed by atoms with Gasteiger partial charge in [-0.2, -0.15) is 0 Å². The Morgan fingerprint density at radius 1 is 1.36 bits per heavy atom. The Bertz CT molecular complexity index is 232. The predicted molar refractivity (Wildman–Crippen MR) is 43.2 cm³/mol. The molecule has 0 aliphatic carbocycles. The van der Waals surface area contributed by atoms with E-state index in [-0.39, 0.29) is 5.82 Å². The molecule has 0 bridgehead atoms. The van der Waals surface area contributed by atoms with Gasteiger partial charge in [-0.3, -0.25) is 0 Å². The van der Waals surface area contributed by atoms with Gasteiger partial charge in [0.15, 0.2) is 0 Å². The summed E-state index contributed by atoms with van der Waals surface area (Å²) in [7, 11) is 0. The van der Waals surface area contributed by atoms with Gasteiger partial charge < -0.3 is 4.79 Å². The molecule has 0 aromatic heterocycles. The lowest BCUT2D eigenvalue weighted by molar-refractivity contribution is -0.105. The van der Waals surface area contributed by atoms with E-state index in [0.29, 0.717) is 5.75 Å². The molecule has 3 heteroatoms. The smallest absolute Gasteiger partial charge is 0.130 e. The first-order valence-corrected chi connectivity index (χ1v) is 4.13. The van der Waals surface area contributed by atoms with Crippen LogP contribution in [-0.2, 0) is 4.79 Å². The number of rotatable bonds is 3. The Labute approximate surface area is 68.6 Å². The molecule has 0 fully saturated rings. The summed E-state index contributed by atoms with van der Waals surface area (Å²) < 4.78 is 12.3. The van der Waals surface area contributed by atoms with Crippen molar-refractivity contribution in [2.75, 3.05) is 5.75 Å². The molecule has 0 N–H and O–H groups in total. The van der Waals surface area contributed by atoms with Gasteiger partial charge in [-0.15, -0.1) is 11.8 Å². The zero-order valence-electron chi connectivity index (χ0n) is 5.79. The van der Waals surface area contributed by atoms with Crippen LogP contribution in [0.3, 0.4) is 0 Å². The van der Waals surface area contributed by atoms with Crippen molar-refractivity contribution in [3.63, 3.8) is 0 Å². The molecule has 0 unspecified atom stereocenters. The maximum Gasteiger partial charge on any atom is 0.130 e. The highest BCUT2D eigenvalue weighted by Gasteiger charge is 1.92. The van der Waals surface area contributed by atoms with Crippen LogP contribution in [-0.4, -0.2) is 12.0 Å². The molecular formula is C8H7FOS. The second-order valence-electron chi connectivity index (χ2n) is 1.93. The molecule has 1 nitrogen and oxygen atoms in total. The van der Waals surface area contributed by atoms with Gasteiger partial charge in [0.05, 0.1) is 5.75 Å². The number of hydrogen-bond acceptors (Lipinski definition) is 2. The second kappa shape index (κ2) is 4.13. The zero-order valence-corrected chi connectivity index (χ0v) is 6.60. The molecule has 58 valence electrons. The van der Waals surface area contributed by atoms with Crippen LogP contribution in [0.2, 0.25) is 0 Å². The quantitative estimate of drug-likeness (QED) is 0.510. The molecule has 0 aliphatic heterocycles. The highest BCUT2D eigenvalue weighted by Crippen LogP contribution is 2.16. The Balaban J connectivity index is 2.58. The third-order valence-corrected chi connectivity index (χ3v) is 2.04. The van der Waals surface area contributed by atoms with Crippen molar-refractivity contribution in [2.24, 2.45) is 0 Å². The van der Waals surface area contributed by atoms with Gasteiger partial charge >= 0.3 is 0 Å². The summed E-state index contributed by atoms with van der Waals surface area (Å²) in [6.45, 7) is 0. The maximum atomic E-state index is 12.3. The second-order valence-corrected chi connectivity index (χ2v) is 3.03. The van der Waals surface area contributed by atoms with Crippen molar-refractivity contribution < 1.29 is 9.18 Å². The van der Waals surface area contributed by atoms with Gasteiger partial charge in [-0.25, -0.2) is 4.39 Å². The number of aldehydes is 1. The van der Waals surface area contributed by atoms with Gasteiger partial charge in [0, 0.05) is 4.90 Å². The molecule has 1 aromatic rings. The van der Waals surface area contributed by atoms with E-state index in [9.17, 15) is 9.18 Å². The molecule has 0 radical (unpaired) electrons. The van der Waals surface area contributed by atoms with E-state index in [2.05, 4.69) is 0 Å². The van der Waals surface area contributed by atoms with Crippen LogP contribution in [0.15, 0.2) is 29.2 Å². The predicted octanol–water partition coefficient (Wildman–Crippen LogP) is 2.12. The topological polar surface area (TPSA) is 17.1 Å². The van der Waals surface area contributed by atoms with Crippen molar-refractivity contribution >= 4 is 18.0 Å². The summed E-state index contributed by atoms with van der Waals surface area (Å²) in [6.07, 6.45) is 0.827. The van der Waals surface area contributed by atoms with Gasteiger partial charge in [0.2, 0.25) is 0 Å². The summed E-state index contributed by atoms with van der Waals surface area (Å²) >= 11 is 1.39. The summed E-state index contributed by atoms with van der Waals surface area (Å²) in [4.78, 5) is 10.9.